The van der Waals surface area contributed by atoms with Gasteiger partial charge in [-0.05, 0) is 6.08 Å². The molecule has 0 bridgehead atoms. The van der Waals surface area contributed by atoms with Crippen LogP contribution in [0.1, 0.15) is 11.1 Å². The fraction of sp³-hybridized carbons (Fsp3) is 0. The van der Waals surface area contributed by atoms with Gasteiger partial charge in [-0.3, -0.25) is 0 Å². The smallest absolute Gasteiger partial charge is 0.112 e. The summed E-state index contributed by atoms with van der Waals surface area (Å²) in [6.45, 7) is 7.54. The molecule has 0 N–H and O–H groups in total. The molecular formula is C18H15N. The van der Waals surface area contributed by atoms with Crippen molar-refractivity contribution < 1.29 is 0 Å². The van der Waals surface area contributed by atoms with E-state index in [0.717, 1.165) is 22.5 Å². The second-order valence-corrected chi connectivity index (χ2v) is 3.96. The summed E-state index contributed by atoms with van der Waals surface area (Å²) in [5, 5.41) is 0. The SMILES string of the molecule is C=C=C(N=C(C=C)c1ccccc1)c1ccccc1. The lowest BCUT2D eigenvalue weighted by Crippen LogP contribution is -1.96. The highest BCUT2D eigenvalue weighted by Crippen LogP contribution is 2.16. The first-order chi connectivity index (χ1) is 9.35. The highest BCUT2D eigenvalue weighted by Gasteiger charge is 2.02. The van der Waals surface area contributed by atoms with Crippen molar-refractivity contribution in [2.45, 2.75) is 0 Å². The standard InChI is InChI=1S/C18H15N/c1-3-17(15-11-7-5-8-12-15)19-18(4-2)16-13-9-6-10-14-16/h3,5-14H,1-2H2. The molecule has 0 heterocycles. The summed E-state index contributed by atoms with van der Waals surface area (Å²) in [6, 6.07) is 19.8. The van der Waals surface area contributed by atoms with Crippen LogP contribution < -0.4 is 0 Å². The van der Waals surface area contributed by atoms with Gasteiger partial charge in [-0.15, -0.1) is 5.73 Å². The van der Waals surface area contributed by atoms with Gasteiger partial charge in [-0.2, -0.15) is 0 Å². The van der Waals surface area contributed by atoms with Crippen molar-refractivity contribution in [3.05, 3.63) is 96.8 Å². The number of allylic oxidation sites excluding steroid dienone is 1. The van der Waals surface area contributed by atoms with Crippen LogP contribution in [0.4, 0.5) is 0 Å². The van der Waals surface area contributed by atoms with Crippen molar-refractivity contribution in [2.75, 3.05) is 0 Å². The zero-order chi connectivity index (χ0) is 13.5. The maximum Gasteiger partial charge on any atom is 0.112 e. The average molecular weight is 245 g/mol. The van der Waals surface area contributed by atoms with Crippen LogP contribution >= 0.6 is 0 Å². The molecule has 0 saturated carbocycles. The molecule has 2 rings (SSSR count). The van der Waals surface area contributed by atoms with Crippen molar-refractivity contribution in [1.82, 2.24) is 0 Å². The Morgan fingerprint density at radius 1 is 0.895 bits per heavy atom. The molecule has 2 aromatic carbocycles. The predicted octanol–water partition coefficient (Wildman–Crippen LogP) is 4.49. The van der Waals surface area contributed by atoms with E-state index in [9.17, 15) is 0 Å². The minimum absolute atomic E-state index is 0.722. The van der Waals surface area contributed by atoms with Gasteiger partial charge in [0, 0.05) is 11.1 Å². The highest BCUT2D eigenvalue weighted by atomic mass is 14.8. The van der Waals surface area contributed by atoms with E-state index in [0.29, 0.717) is 0 Å². The Morgan fingerprint density at radius 3 is 1.89 bits per heavy atom. The monoisotopic (exact) mass is 245 g/mol. The normalized spacial score (nSPS) is 10.6. The third-order valence-electron chi connectivity index (χ3n) is 2.71. The second-order valence-electron chi connectivity index (χ2n) is 3.96. The number of nitrogens with zero attached hydrogens (tertiary/aromatic N) is 1. The maximum atomic E-state index is 4.60. The predicted molar refractivity (Wildman–Crippen MR) is 82.2 cm³/mol. The summed E-state index contributed by atoms with van der Waals surface area (Å²) >= 11 is 0. The van der Waals surface area contributed by atoms with Crippen LogP contribution in [-0.2, 0) is 0 Å². The Morgan fingerprint density at radius 2 is 1.42 bits per heavy atom. The number of rotatable bonds is 4. The molecule has 2 aromatic rings. The molecule has 1 heteroatoms. The minimum Gasteiger partial charge on any atom is -0.239 e. The van der Waals surface area contributed by atoms with Gasteiger partial charge in [0.1, 0.15) is 5.70 Å². The Labute approximate surface area is 114 Å². The molecule has 0 aliphatic carbocycles. The maximum absolute atomic E-state index is 4.60. The van der Waals surface area contributed by atoms with Crippen molar-refractivity contribution >= 4 is 11.4 Å². The summed E-state index contributed by atoms with van der Waals surface area (Å²) < 4.78 is 0. The third kappa shape index (κ3) is 3.19. The van der Waals surface area contributed by atoms with E-state index in [2.05, 4.69) is 23.9 Å². The van der Waals surface area contributed by atoms with Gasteiger partial charge in [0.2, 0.25) is 0 Å². The first-order valence-corrected chi connectivity index (χ1v) is 6.07. The van der Waals surface area contributed by atoms with Crippen molar-refractivity contribution in [1.29, 1.82) is 0 Å². The Balaban J connectivity index is 2.43. The molecule has 19 heavy (non-hydrogen) atoms. The van der Waals surface area contributed by atoms with Gasteiger partial charge >= 0.3 is 0 Å². The molecule has 0 saturated heterocycles. The van der Waals surface area contributed by atoms with Crippen LogP contribution in [0.5, 0.6) is 0 Å². The molecule has 0 aromatic heterocycles. The number of hydrogen-bond donors (Lipinski definition) is 0. The number of hydrogen-bond acceptors (Lipinski definition) is 1. The molecule has 0 atom stereocenters. The summed E-state index contributed by atoms with van der Waals surface area (Å²) in [4.78, 5) is 4.60. The van der Waals surface area contributed by atoms with Gasteiger partial charge in [0.25, 0.3) is 0 Å². The average Bonchev–Trinajstić information content (AvgIpc) is 2.50. The van der Waals surface area contributed by atoms with Gasteiger partial charge < -0.3 is 0 Å². The molecular weight excluding hydrogens is 230 g/mol. The molecule has 0 aliphatic rings. The zero-order valence-electron chi connectivity index (χ0n) is 10.7. The highest BCUT2D eigenvalue weighted by molar-refractivity contribution is 6.10. The Kier molecular flexibility index (Phi) is 4.28. The number of aliphatic imine (C=N–C) groups is 1. The van der Waals surface area contributed by atoms with Crippen molar-refractivity contribution in [2.24, 2.45) is 4.99 Å². The third-order valence-corrected chi connectivity index (χ3v) is 2.71. The van der Waals surface area contributed by atoms with Gasteiger partial charge in [0.05, 0.1) is 5.71 Å². The van der Waals surface area contributed by atoms with E-state index in [4.69, 9.17) is 0 Å². The van der Waals surface area contributed by atoms with Crippen LogP contribution in [0.2, 0.25) is 0 Å². The largest absolute Gasteiger partial charge is 0.239 e. The van der Waals surface area contributed by atoms with Crippen molar-refractivity contribution in [3.8, 4) is 0 Å². The molecule has 0 unspecified atom stereocenters. The van der Waals surface area contributed by atoms with Gasteiger partial charge in [0.15, 0.2) is 0 Å². The molecule has 0 amide bonds. The second kappa shape index (κ2) is 6.34. The lowest BCUT2D eigenvalue weighted by atomic mass is 10.1. The van der Waals surface area contributed by atoms with Gasteiger partial charge in [-0.25, -0.2) is 4.99 Å². The lowest BCUT2D eigenvalue weighted by Gasteiger charge is -2.04. The summed E-state index contributed by atoms with van der Waals surface area (Å²) in [5.41, 5.74) is 6.44. The molecule has 0 radical (unpaired) electrons. The van der Waals surface area contributed by atoms with Crippen LogP contribution in [0, 0.1) is 0 Å². The lowest BCUT2D eigenvalue weighted by molar-refractivity contribution is 1.50. The molecule has 1 nitrogen and oxygen atoms in total. The number of benzene rings is 2. The van der Waals surface area contributed by atoms with E-state index in [1.54, 1.807) is 6.08 Å². The van der Waals surface area contributed by atoms with E-state index < -0.39 is 0 Å². The minimum atomic E-state index is 0.722. The van der Waals surface area contributed by atoms with Gasteiger partial charge in [-0.1, -0.05) is 73.8 Å². The van der Waals surface area contributed by atoms with E-state index in [-0.39, 0.29) is 0 Å². The van der Waals surface area contributed by atoms with Crippen LogP contribution in [0.15, 0.2) is 90.6 Å². The van der Waals surface area contributed by atoms with Crippen molar-refractivity contribution in [3.63, 3.8) is 0 Å². The summed E-state index contributed by atoms with van der Waals surface area (Å²) in [7, 11) is 0. The molecule has 0 aliphatic heterocycles. The fourth-order valence-electron chi connectivity index (χ4n) is 1.76. The molecule has 0 fully saturated rings. The topological polar surface area (TPSA) is 12.4 Å². The first kappa shape index (κ1) is 12.8. The summed E-state index contributed by atoms with van der Waals surface area (Å²) in [6.07, 6.45) is 1.75. The molecule has 0 spiro atoms. The van der Waals surface area contributed by atoms with E-state index in [1.165, 1.54) is 0 Å². The Bertz CT molecular complexity index is 630. The van der Waals surface area contributed by atoms with E-state index >= 15 is 0 Å². The van der Waals surface area contributed by atoms with Crippen LogP contribution in [0.3, 0.4) is 0 Å². The first-order valence-electron chi connectivity index (χ1n) is 6.07. The zero-order valence-corrected chi connectivity index (χ0v) is 10.7. The quantitative estimate of drug-likeness (QED) is 0.556. The van der Waals surface area contributed by atoms with Crippen LogP contribution in [0.25, 0.3) is 5.70 Å². The molecule has 92 valence electrons. The Hall–Kier alpha value is -2.63. The summed E-state index contributed by atoms with van der Waals surface area (Å²) in [5.74, 6) is 0. The van der Waals surface area contributed by atoms with Crippen LogP contribution in [-0.4, -0.2) is 5.71 Å². The fourth-order valence-corrected chi connectivity index (χ4v) is 1.76. The van der Waals surface area contributed by atoms with E-state index in [1.807, 2.05) is 60.7 Å².